The molecule has 2 aromatic heterocycles. The van der Waals surface area contributed by atoms with Gasteiger partial charge in [0, 0.05) is 15.8 Å². The first-order valence-electron chi connectivity index (χ1n) is 13.1. The molecule has 3 aromatic carbocycles. The van der Waals surface area contributed by atoms with Gasteiger partial charge in [0.2, 0.25) is 0 Å². The van der Waals surface area contributed by atoms with Crippen molar-refractivity contribution >= 4 is 66.5 Å². The third-order valence-corrected chi connectivity index (χ3v) is 9.38. The van der Waals surface area contributed by atoms with Crippen LogP contribution in [0.25, 0.3) is 31.6 Å². The first-order chi connectivity index (χ1) is 19.4. The van der Waals surface area contributed by atoms with Crippen LogP contribution in [0.4, 0.5) is 5.00 Å². The van der Waals surface area contributed by atoms with Gasteiger partial charge in [-0.3, -0.25) is 4.79 Å². The molecule has 0 bridgehead atoms. The van der Waals surface area contributed by atoms with E-state index in [4.69, 9.17) is 14.5 Å². The van der Waals surface area contributed by atoms with Gasteiger partial charge in [-0.15, -0.1) is 22.7 Å². The fraction of sp³-hybridized carbons (Fsp3) is 0.226. The summed E-state index contributed by atoms with van der Waals surface area (Å²) in [6, 6.07) is 19.2. The summed E-state index contributed by atoms with van der Waals surface area (Å²) in [4.78, 5) is 45.1. The van der Waals surface area contributed by atoms with Gasteiger partial charge in [0.05, 0.1) is 28.5 Å². The molecule has 0 aliphatic heterocycles. The van der Waals surface area contributed by atoms with Crippen LogP contribution in [-0.2, 0) is 27.1 Å². The van der Waals surface area contributed by atoms with Crippen molar-refractivity contribution in [2.75, 3.05) is 12.4 Å². The molecule has 1 atom stereocenters. The number of hydrogen-bond donors (Lipinski definition) is 1. The zero-order chi connectivity index (χ0) is 27.8. The van der Waals surface area contributed by atoms with Crippen molar-refractivity contribution in [1.82, 2.24) is 4.98 Å². The molecule has 9 heteroatoms. The van der Waals surface area contributed by atoms with Crippen molar-refractivity contribution in [1.29, 1.82) is 0 Å². The molecule has 0 radical (unpaired) electrons. The van der Waals surface area contributed by atoms with E-state index in [9.17, 15) is 14.4 Å². The minimum absolute atomic E-state index is 0.355. The molecule has 202 valence electrons. The van der Waals surface area contributed by atoms with Crippen LogP contribution in [0.2, 0.25) is 0 Å². The molecule has 0 fully saturated rings. The standard InChI is InChI=1S/C31H26N2O5S2/c1-17(27(34)33-29-26(31(36)37-2)19-11-3-5-15-23(19)39-29)38-30(35)21-13-8-10-18-9-7-12-20(25(18)21)28-32-22-14-4-6-16-24(22)40-28/h4,6-10,12-14,16-17H,3,5,11,15H2,1-2H3,(H,33,34). The normalized spacial score (nSPS) is 13.6. The highest BCUT2D eigenvalue weighted by atomic mass is 32.1. The van der Waals surface area contributed by atoms with Crippen LogP contribution in [0, 0.1) is 0 Å². The van der Waals surface area contributed by atoms with E-state index in [0.29, 0.717) is 16.1 Å². The van der Waals surface area contributed by atoms with Crippen LogP contribution in [0.15, 0.2) is 60.7 Å². The number of esters is 2. The predicted molar refractivity (Wildman–Crippen MR) is 158 cm³/mol. The summed E-state index contributed by atoms with van der Waals surface area (Å²) in [5.41, 5.74) is 3.43. The molecule has 5 aromatic rings. The van der Waals surface area contributed by atoms with Crippen LogP contribution in [-0.4, -0.2) is 36.0 Å². The molecule has 0 spiro atoms. The highest BCUT2D eigenvalue weighted by Gasteiger charge is 2.29. The Hall–Kier alpha value is -4.08. The quantitative estimate of drug-likeness (QED) is 0.220. The third kappa shape index (κ3) is 4.76. The number of para-hydroxylation sites is 1. The Bertz CT molecular complexity index is 1750. The predicted octanol–water partition coefficient (Wildman–Crippen LogP) is 7.03. The Balaban J connectivity index is 1.28. The zero-order valence-electron chi connectivity index (χ0n) is 22.0. The van der Waals surface area contributed by atoms with E-state index in [0.717, 1.165) is 67.7 Å². The largest absolute Gasteiger partial charge is 0.465 e. The van der Waals surface area contributed by atoms with Crippen molar-refractivity contribution in [3.05, 3.63) is 82.2 Å². The van der Waals surface area contributed by atoms with E-state index in [1.807, 2.05) is 48.5 Å². The van der Waals surface area contributed by atoms with E-state index in [1.54, 1.807) is 23.5 Å². The van der Waals surface area contributed by atoms with E-state index in [-0.39, 0.29) is 0 Å². The molecular formula is C31H26N2O5S2. The average molecular weight is 571 g/mol. The van der Waals surface area contributed by atoms with Crippen molar-refractivity contribution < 1.29 is 23.9 Å². The molecule has 40 heavy (non-hydrogen) atoms. The smallest absolute Gasteiger partial charge is 0.341 e. The molecule has 0 saturated carbocycles. The van der Waals surface area contributed by atoms with Gasteiger partial charge in [0.15, 0.2) is 6.10 Å². The summed E-state index contributed by atoms with van der Waals surface area (Å²) in [7, 11) is 1.33. The molecule has 1 unspecified atom stereocenters. The van der Waals surface area contributed by atoms with Gasteiger partial charge in [-0.1, -0.05) is 42.5 Å². The fourth-order valence-electron chi connectivity index (χ4n) is 5.14. The molecule has 1 amide bonds. The molecule has 7 nitrogen and oxygen atoms in total. The number of carbonyl (C=O) groups is 3. The van der Waals surface area contributed by atoms with Crippen LogP contribution in [0.1, 0.15) is 50.9 Å². The van der Waals surface area contributed by atoms with Crippen molar-refractivity contribution in [2.45, 2.75) is 38.7 Å². The van der Waals surface area contributed by atoms with Crippen molar-refractivity contribution in [3.8, 4) is 10.6 Å². The molecule has 2 heterocycles. The van der Waals surface area contributed by atoms with Gasteiger partial charge in [-0.2, -0.15) is 0 Å². The summed E-state index contributed by atoms with van der Waals surface area (Å²) in [5.74, 6) is -1.60. The summed E-state index contributed by atoms with van der Waals surface area (Å²) < 4.78 is 11.7. The number of carbonyl (C=O) groups excluding carboxylic acids is 3. The minimum atomic E-state index is -1.10. The van der Waals surface area contributed by atoms with E-state index >= 15 is 0 Å². The first kappa shape index (κ1) is 26.2. The number of thiazole rings is 1. The first-order valence-corrected chi connectivity index (χ1v) is 14.7. The zero-order valence-corrected chi connectivity index (χ0v) is 23.6. The van der Waals surface area contributed by atoms with Gasteiger partial charge in [-0.25, -0.2) is 14.6 Å². The number of thiophene rings is 1. The highest BCUT2D eigenvalue weighted by Crippen LogP contribution is 2.39. The second kappa shape index (κ2) is 10.8. The van der Waals surface area contributed by atoms with Crippen LogP contribution < -0.4 is 5.32 Å². The lowest BCUT2D eigenvalue weighted by Gasteiger charge is -2.15. The van der Waals surface area contributed by atoms with E-state index in [1.165, 1.54) is 25.4 Å². The second-order valence-corrected chi connectivity index (χ2v) is 11.8. The SMILES string of the molecule is COC(=O)c1c(NC(=O)C(C)OC(=O)c2cccc3cccc(-c4nc5ccccc5s4)c23)sc2c1CCCC2. The van der Waals surface area contributed by atoms with Crippen molar-refractivity contribution in [3.63, 3.8) is 0 Å². The number of benzene rings is 3. The molecule has 0 saturated heterocycles. The maximum Gasteiger partial charge on any atom is 0.341 e. The molecular weight excluding hydrogens is 544 g/mol. The van der Waals surface area contributed by atoms with Crippen LogP contribution in [0.3, 0.4) is 0 Å². The highest BCUT2D eigenvalue weighted by molar-refractivity contribution is 7.21. The molecule has 1 N–H and O–H groups in total. The van der Waals surface area contributed by atoms with Gasteiger partial charge in [-0.05, 0) is 61.8 Å². The summed E-state index contributed by atoms with van der Waals surface area (Å²) in [5, 5.41) is 5.66. The lowest BCUT2D eigenvalue weighted by molar-refractivity contribution is -0.123. The van der Waals surface area contributed by atoms with Crippen LogP contribution in [0.5, 0.6) is 0 Å². The van der Waals surface area contributed by atoms with Gasteiger partial charge in [0.25, 0.3) is 5.91 Å². The molecule has 1 aliphatic rings. The summed E-state index contributed by atoms with van der Waals surface area (Å²) >= 11 is 2.95. The van der Waals surface area contributed by atoms with Gasteiger partial charge in [0.1, 0.15) is 10.0 Å². The number of amides is 1. The minimum Gasteiger partial charge on any atom is -0.465 e. The lowest BCUT2D eigenvalue weighted by atomic mass is 9.95. The second-order valence-electron chi connectivity index (χ2n) is 9.64. The summed E-state index contributed by atoms with van der Waals surface area (Å²) in [6.07, 6.45) is 2.57. The van der Waals surface area contributed by atoms with E-state index < -0.39 is 23.9 Å². The van der Waals surface area contributed by atoms with E-state index in [2.05, 4.69) is 5.32 Å². The average Bonchev–Trinajstić information content (AvgIpc) is 3.57. The number of methoxy groups -OCH3 is 1. The third-order valence-electron chi connectivity index (χ3n) is 7.10. The fourth-order valence-corrected chi connectivity index (χ4v) is 7.42. The number of nitrogens with one attached hydrogen (secondary N) is 1. The van der Waals surface area contributed by atoms with Crippen molar-refractivity contribution in [2.24, 2.45) is 0 Å². The van der Waals surface area contributed by atoms with Gasteiger partial charge >= 0.3 is 11.9 Å². The number of anilines is 1. The maximum absolute atomic E-state index is 13.5. The number of ether oxygens (including phenoxy) is 2. The Morgan fingerprint density at radius 2 is 1.70 bits per heavy atom. The Morgan fingerprint density at radius 1 is 0.925 bits per heavy atom. The number of nitrogens with zero attached hydrogens (tertiary/aromatic N) is 1. The number of fused-ring (bicyclic) bond motifs is 3. The van der Waals surface area contributed by atoms with Gasteiger partial charge < -0.3 is 14.8 Å². The summed E-state index contributed by atoms with van der Waals surface area (Å²) in [6.45, 7) is 1.53. The molecule has 6 rings (SSSR count). The Labute approximate surface area is 238 Å². The topological polar surface area (TPSA) is 94.6 Å². The Kier molecular flexibility index (Phi) is 7.08. The monoisotopic (exact) mass is 570 g/mol. The number of hydrogen-bond acceptors (Lipinski definition) is 8. The Morgan fingerprint density at radius 3 is 2.50 bits per heavy atom. The molecule has 1 aliphatic carbocycles. The van der Waals surface area contributed by atoms with Crippen LogP contribution >= 0.6 is 22.7 Å². The number of rotatable bonds is 6. The maximum atomic E-state index is 13.5. The number of aromatic nitrogens is 1. The number of aryl methyl sites for hydroxylation is 1. The lowest BCUT2D eigenvalue weighted by Crippen LogP contribution is -2.30.